The summed E-state index contributed by atoms with van der Waals surface area (Å²) in [4.78, 5) is 4.06. The van der Waals surface area contributed by atoms with Crippen molar-refractivity contribution in [1.29, 1.82) is 0 Å². The lowest BCUT2D eigenvalue weighted by molar-refractivity contribution is 0.511. The lowest BCUT2D eigenvalue weighted by Gasteiger charge is -2.06. The molecule has 0 radical (unpaired) electrons. The molecule has 0 fully saturated rings. The van der Waals surface area contributed by atoms with E-state index in [1.165, 1.54) is 12.1 Å². The van der Waals surface area contributed by atoms with Crippen LogP contribution in [-0.4, -0.2) is 9.55 Å². The molecule has 0 spiro atoms. The van der Waals surface area contributed by atoms with Crippen LogP contribution in [0, 0.1) is 12.8 Å². The van der Waals surface area contributed by atoms with Gasteiger partial charge in [-0.25, -0.2) is 4.98 Å². The third-order valence-electron chi connectivity index (χ3n) is 1.87. The zero-order valence-electron chi connectivity index (χ0n) is 7.54. The van der Waals surface area contributed by atoms with E-state index in [0.29, 0.717) is 0 Å². The first-order valence-corrected chi connectivity index (χ1v) is 4.17. The van der Waals surface area contributed by atoms with Crippen molar-refractivity contribution in [3.63, 3.8) is 0 Å². The van der Waals surface area contributed by atoms with Crippen molar-refractivity contribution >= 4 is 0 Å². The molecule has 1 rings (SSSR count). The van der Waals surface area contributed by atoms with Crippen LogP contribution in [-0.2, 0) is 6.54 Å². The maximum atomic E-state index is 4.06. The monoisotopic (exact) mass is 152 g/mol. The van der Waals surface area contributed by atoms with Crippen molar-refractivity contribution in [2.24, 2.45) is 5.92 Å². The Morgan fingerprint density at radius 3 is 2.73 bits per heavy atom. The van der Waals surface area contributed by atoms with Crippen LogP contribution in [0.1, 0.15) is 26.0 Å². The Balaban J connectivity index is 2.44. The molecule has 11 heavy (non-hydrogen) atoms. The average molecular weight is 152 g/mol. The molecule has 0 amide bonds. The Morgan fingerprint density at radius 2 is 2.27 bits per heavy atom. The Hall–Kier alpha value is -0.790. The van der Waals surface area contributed by atoms with Gasteiger partial charge in [0.25, 0.3) is 0 Å². The standard InChI is InChI=1S/C9H16N2/c1-8(2)4-5-11-7-10-6-9(11)3/h6-8H,4-5H2,1-3H3. The highest BCUT2D eigenvalue weighted by molar-refractivity contribution is 4.93. The fourth-order valence-corrected chi connectivity index (χ4v) is 1.02. The largest absolute Gasteiger partial charge is 0.335 e. The molecule has 2 heteroatoms. The minimum absolute atomic E-state index is 0.775. The Kier molecular flexibility index (Phi) is 2.69. The summed E-state index contributed by atoms with van der Waals surface area (Å²) in [6.07, 6.45) is 5.04. The van der Waals surface area contributed by atoms with Crippen molar-refractivity contribution in [3.8, 4) is 0 Å². The van der Waals surface area contributed by atoms with Gasteiger partial charge in [0.1, 0.15) is 0 Å². The van der Waals surface area contributed by atoms with E-state index in [-0.39, 0.29) is 0 Å². The summed E-state index contributed by atoms with van der Waals surface area (Å²) < 4.78 is 2.19. The van der Waals surface area contributed by atoms with Crippen molar-refractivity contribution < 1.29 is 0 Å². The van der Waals surface area contributed by atoms with Gasteiger partial charge < -0.3 is 4.57 Å². The third kappa shape index (κ3) is 2.37. The molecular weight excluding hydrogens is 136 g/mol. The van der Waals surface area contributed by atoms with Crippen LogP contribution < -0.4 is 0 Å². The Labute approximate surface area is 68.3 Å². The number of aryl methyl sites for hydroxylation is 2. The van der Waals surface area contributed by atoms with Gasteiger partial charge in [-0.1, -0.05) is 13.8 Å². The van der Waals surface area contributed by atoms with Gasteiger partial charge in [-0.2, -0.15) is 0 Å². The van der Waals surface area contributed by atoms with Crippen molar-refractivity contribution in [3.05, 3.63) is 18.2 Å². The first-order valence-electron chi connectivity index (χ1n) is 4.17. The highest BCUT2D eigenvalue weighted by Gasteiger charge is 1.97. The van der Waals surface area contributed by atoms with Crippen LogP contribution in [0.25, 0.3) is 0 Å². The second-order valence-corrected chi connectivity index (χ2v) is 3.41. The molecule has 0 N–H and O–H groups in total. The van der Waals surface area contributed by atoms with Crippen molar-refractivity contribution in [2.75, 3.05) is 0 Å². The van der Waals surface area contributed by atoms with E-state index >= 15 is 0 Å². The van der Waals surface area contributed by atoms with Gasteiger partial charge in [0.15, 0.2) is 0 Å². The van der Waals surface area contributed by atoms with E-state index in [1.807, 2.05) is 12.5 Å². The van der Waals surface area contributed by atoms with Gasteiger partial charge in [0.05, 0.1) is 6.33 Å². The SMILES string of the molecule is Cc1cncn1CCC(C)C. The maximum absolute atomic E-state index is 4.06. The minimum Gasteiger partial charge on any atom is -0.335 e. The molecule has 0 saturated heterocycles. The third-order valence-corrected chi connectivity index (χ3v) is 1.87. The van der Waals surface area contributed by atoms with Crippen molar-refractivity contribution in [2.45, 2.75) is 33.7 Å². The van der Waals surface area contributed by atoms with Gasteiger partial charge in [0.2, 0.25) is 0 Å². The summed E-state index contributed by atoms with van der Waals surface area (Å²) in [7, 11) is 0. The highest BCUT2D eigenvalue weighted by Crippen LogP contribution is 2.04. The van der Waals surface area contributed by atoms with E-state index in [2.05, 4.69) is 30.3 Å². The summed E-state index contributed by atoms with van der Waals surface area (Å²) in [5, 5.41) is 0. The molecule has 2 nitrogen and oxygen atoms in total. The van der Waals surface area contributed by atoms with E-state index in [9.17, 15) is 0 Å². The molecule has 1 aromatic heterocycles. The number of hydrogen-bond acceptors (Lipinski definition) is 1. The summed E-state index contributed by atoms with van der Waals surface area (Å²) in [6.45, 7) is 7.68. The van der Waals surface area contributed by atoms with Crippen LogP contribution in [0.5, 0.6) is 0 Å². The number of hydrogen-bond donors (Lipinski definition) is 0. The molecule has 1 heterocycles. The van der Waals surface area contributed by atoms with Gasteiger partial charge in [-0.05, 0) is 19.3 Å². The predicted molar refractivity (Wildman–Crippen MR) is 46.4 cm³/mol. The average Bonchev–Trinajstić information content (AvgIpc) is 2.31. The molecule has 0 aliphatic rings. The van der Waals surface area contributed by atoms with Crippen LogP contribution >= 0.6 is 0 Å². The lowest BCUT2D eigenvalue weighted by Crippen LogP contribution is -2.01. The fraction of sp³-hybridized carbons (Fsp3) is 0.667. The van der Waals surface area contributed by atoms with E-state index in [4.69, 9.17) is 0 Å². The molecule has 0 aliphatic carbocycles. The van der Waals surface area contributed by atoms with Gasteiger partial charge in [0, 0.05) is 18.4 Å². The van der Waals surface area contributed by atoms with Crippen molar-refractivity contribution in [1.82, 2.24) is 9.55 Å². The highest BCUT2D eigenvalue weighted by atomic mass is 15.0. The Morgan fingerprint density at radius 1 is 1.55 bits per heavy atom. The first-order chi connectivity index (χ1) is 5.20. The minimum atomic E-state index is 0.775. The summed E-state index contributed by atoms with van der Waals surface area (Å²) >= 11 is 0. The molecule has 1 aromatic rings. The summed E-state index contributed by atoms with van der Waals surface area (Å²) in [6, 6.07) is 0. The first kappa shape index (κ1) is 8.31. The second kappa shape index (κ2) is 3.56. The summed E-state index contributed by atoms with van der Waals surface area (Å²) in [5.41, 5.74) is 1.26. The molecule has 0 aromatic carbocycles. The smallest absolute Gasteiger partial charge is 0.0948 e. The predicted octanol–water partition coefficient (Wildman–Crippen LogP) is 2.24. The molecule has 0 bridgehead atoms. The molecule has 62 valence electrons. The zero-order chi connectivity index (χ0) is 8.27. The second-order valence-electron chi connectivity index (χ2n) is 3.41. The van der Waals surface area contributed by atoms with E-state index in [1.54, 1.807) is 0 Å². The van der Waals surface area contributed by atoms with Crippen LogP contribution in [0.4, 0.5) is 0 Å². The molecule has 0 unspecified atom stereocenters. The number of aromatic nitrogens is 2. The van der Waals surface area contributed by atoms with E-state index < -0.39 is 0 Å². The van der Waals surface area contributed by atoms with E-state index in [0.717, 1.165) is 12.5 Å². The van der Waals surface area contributed by atoms with Gasteiger partial charge >= 0.3 is 0 Å². The maximum Gasteiger partial charge on any atom is 0.0948 e. The Bertz CT molecular complexity index is 213. The van der Waals surface area contributed by atoms with Crippen LogP contribution in [0.2, 0.25) is 0 Å². The van der Waals surface area contributed by atoms with Gasteiger partial charge in [-0.15, -0.1) is 0 Å². The lowest BCUT2D eigenvalue weighted by atomic mass is 10.1. The molecular formula is C9H16N2. The topological polar surface area (TPSA) is 17.8 Å². The zero-order valence-corrected chi connectivity index (χ0v) is 7.54. The summed E-state index contributed by atoms with van der Waals surface area (Å²) in [5.74, 6) is 0.775. The molecule has 0 atom stereocenters. The molecule has 0 saturated carbocycles. The molecule has 0 aliphatic heterocycles. The van der Waals surface area contributed by atoms with Crippen LogP contribution in [0.3, 0.4) is 0 Å². The number of imidazole rings is 1. The van der Waals surface area contributed by atoms with Crippen LogP contribution in [0.15, 0.2) is 12.5 Å². The van der Waals surface area contributed by atoms with Gasteiger partial charge in [-0.3, -0.25) is 0 Å². The quantitative estimate of drug-likeness (QED) is 0.649. The normalized spacial score (nSPS) is 10.9. The fourth-order valence-electron chi connectivity index (χ4n) is 1.02. The number of nitrogens with zero attached hydrogens (tertiary/aromatic N) is 2. The number of rotatable bonds is 3.